The molecular weight excluding hydrogens is 400 g/mol. The number of para-hydroxylation sites is 1. The van der Waals surface area contributed by atoms with Gasteiger partial charge in [-0.3, -0.25) is 14.7 Å². The summed E-state index contributed by atoms with van der Waals surface area (Å²) in [5.41, 5.74) is 2.22. The lowest BCUT2D eigenvalue weighted by molar-refractivity contribution is -0.116. The van der Waals surface area contributed by atoms with Gasteiger partial charge in [0.15, 0.2) is 5.78 Å². The first-order chi connectivity index (χ1) is 13.5. The largest absolute Gasteiger partial charge is 0.465 e. The van der Waals surface area contributed by atoms with E-state index in [-0.39, 0.29) is 29.4 Å². The van der Waals surface area contributed by atoms with E-state index < -0.39 is 6.09 Å². The molecule has 1 aromatic heterocycles. The van der Waals surface area contributed by atoms with E-state index in [1.54, 1.807) is 12.3 Å². The fraction of sp³-hybridized carbons (Fsp3) is 0.158. The highest BCUT2D eigenvalue weighted by molar-refractivity contribution is 7.81. The molecule has 3 N–H and O–H groups in total. The van der Waals surface area contributed by atoms with Gasteiger partial charge >= 0.3 is 6.09 Å². The number of rotatable bonds is 5. The van der Waals surface area contributed by atoms with Gasteiger partial charge in [0.1, 0.15) is 4.99 Å². The maximum Gasteiger partial charge on any atom is 0.408 e. The lowest BCUT2D eigenvalue weighted by atomic mass is 10.0. The number of ketones is 1. The summed E-state index contributed by atoms with van der Waals surface area (Å²) in [5, 5.41) is 15.9. The van der Waals surface area contributed by atoms with Crippen molar-refractivity contribution in [3.05, 3.63) is 70.6 Å². The molecule has 2 aromatic rings. The van der Waals surface area contributed by atoms with Crippen molar-refractivity contribution in [2.24, 2.45) is 0 Å². The zero-order valence-electron chi connectivity index (χ0n) is 14.7. The monoisotopic (exact) mass is 416 g/mol. The molecule has 0 saturated carbocycles. The number of pyridine rings is 1. The molecule has 1 aliphatic heterocycles. The Bertz CT molecular complexity index is 949. The summed E-state index contributed by atoms with van der Waals surface area (Å²) in [6.07, 6.45) is 1.95. The molecule has 9 heteroatoms. The Kier molecular flexibility index (Phi) is 6.23. The van der Waals surface area contributed by atoms with E-state index in [0.717, 1.165) is 16.2 Å². The second-order valence-electron chi connectivity index (χ2n) is 6.06. The molecule has 0 aliphatic carbocycles. The predicted octanol–water partition coefficient (Wildman–Crippen LogP) is 3.08. The summed E-state index contributed by atoms with van der Waals surface area (Å²) >= 11 is 11.6. The molecular formula is C19H17ClN4O3S. The number of nitrogens with one attached hydrogen (secondary N) is 2. The summed E-state index contributed by atoms with van der Waals surface area (Å²) in [4.78, 5) is 29.3. The van der Waals surface area contributed by atoms with Crippen LogP contribution < -0.4 is 10.6 Å². The molecule has 144 valence electrons. The molecule has 0 saturated heterocycles. The summed E-state index contributed by atoms with van der Waals surface area (Å²) in [6.45, 7) is 0.0765. The summed E-state index contributed by atoms with van der Waals surface area (Å²) in [6, 6.07) is 11.0. The van der Waals surface area contributed by atoms with E-state index in [1.807, 2.05) is 30.3 Å². The standard InChI is InChI=1S/C19H17ClN4O3S/c20-14-9-21-7-6-12(14)8-22-15-10-24(19(26)27)11-16(25)17(15)18(28)23-13-4-2-1-3-5-13/h1-7,9,22H,8,10-11H2,(H,23,28)(H,26,27). The van der Waals surface area contributed by atoms with E-state index in [2.05, 4.69) is 15.6 Å². The number of benzene rings is 1. The first-order valence-electron chi connectivity index (χ1n) is 8.38. The SMILES string of the molecule is O=C1CN(C(=O)O)CC(NCc2ccncc2Cl)=C1C(=S)Nc1ccccc1. The molecule has 0 spiro atoms. The number of Topliss-reactive ketones (excluding diaryl/α,β-unsaturated/α-hetero) is 1. The van der Waals surface area contributed by atoms with Crippen molar-refractivity contribution in [1.29, 1.82) is 0 Å². The zero-order valence-corrected chi connectivity index (χ0v) is 16.3. The fourth-order valence-electron chi connectivity index (χ4n) is 2.75. The molecule has 0 atom stereocenters. The Hall–Kier alpha value is -2.97. The van der Waals surface area contributed by atoms with Crippen LogP contribution in [0.4, 0.5) is 10.5 Å². The number of halogens is 1. The highest BCUT2D eigenvalue weighted by Gasteiger charge is 2.31. The average Bonchev–Trinajstić information content (AvgIpc) is 2.67. The van der Waals surface area contributed by atoms with Gasteiger partial charge in [-0.25, -0.2) is 4.79 Å². The fourth-order valence-corrected chi connectivity index (χ4v) is 3.30. The molecule has 28 heavy (non-hydrogen) atoms. The number of aromatic nitrogens is 1. The van der Waals surface area contributed by atoms with Crippen molar-refractivity contribution in [3.63, 3.8) is 0 Å². The van der Waals surface area contributed by atoms with Crippen LogP contribution in [-0.2, 0) is 11.3 Å². The van der Waals surface area contributed by atoms with Gasteiger partial charge in [0.25, 0.3) is 0 Å². The van der Waals surface area contributed by atoms with Gasteiger partial charge in [0.05, 0.1) is 23.7 Å². The summed E-state index contributed by atoms with van der Waals surface area (Å²) in [5.74, 6) is -0.370. The smallest absolute Gasteiger partial charge is 0.408 e. The van der Waals surface area contributed by atoms with Crippen molar-refractivity contribution in [2.45, 2.75) is 6.54 Å². The van der Waals surface area contributed by atoms with E-state index in [9.17, 15) is 14.7 Å². The molecule has 0 bridgehead atoms. The van der Waals surface area contributed by atoms with Crippen LogP contribution in [-0.4, -0.2) is 44.9 Å². The first kappa shape index (κ1) is 19.8. The Labute approximate surface area is 172 Å². The average molecular weight is 417 g/mol. The van der Waals surface area contributed by atoms with Gasteiger partial charge in [-0.2, -0.15) is 0 Å². The molecule has 1 aromatic carbocycles. The normalized spacial score (nSPS) is 14.0. The Balaban J connectivity index is 1.88. The molecule has 0 fully saturated rings. The number of carboxylic acid groups (broad SMARTS) is 1. The maximum absolute atomic E-state index is 12.7. The number of carbonyl (C=O) groups is 2. The van der Waals surface area contributed by atoms with Gasteiger partial charge in [0.2, 0.25) is 0 Å². The lowest BCUT2D eigenvalue weighted by Gasteiger charge is -2.29. The second-order valence-corrected chi connectivity index (χ2v) is 6.87. The quantitative estimate of drug-likeness (QED) is 0.645. The molecule has 0 unspecified atom stereocenters. The molecule has 1 aliphatic rings. The van der Waals surface area contributed by atoms with E-state index in [0.29, 0.717) is 17.3 Å². The van der Waals surface area contributed by atoms with Crippen molar-refractivity contribution < 1.29 is 14.7 Å². The Morgan fingerprint density at radius 3 is 2.68 bits per heavy atom. The number of hydrogen-bond acceptors (Lipinski definition) is 5. The minimum Gasteiger partial charge on any atom is -0.465 e. The highest BCUT2D eigenvalue weighted by atomic mass is 35.5. The van der Waals surface area contributed by atoms with Crippen LogP contribution in [0.2, 0.25) is 5.02 Å². The van der Waals surface area contributed by atoms with Crippen molar-refractivity contribution in [2.75, 3.05) is 18.4 Å². The minimum atomic E-state index is -1.17. The van der Waals surface area contributed by atoms with E-state index in [1.165, 1.54) is 6.20 Å². The van der Waals surface area contributed by atoms with Crippen LogP contribution in [0.1, 0.15) is 5.56 Å². The van der Waals surface area contributed by atoms with Crippen molar-refractivity contribution in [1.82, 2.24) is 15.2 Å². The van der Waals surface area contributed by atoms with Crippen LogP contribution in [0.15, 0.2) is 60.1 Å². The van der Waals surface area contributed by atoms with Gasteiger partial charge in [-0.15, -0.1) is 0 Å². The van der Waals surface area contributed by atoms with Gasteiger partial charge in [-0.05, 0) is 23.8 Å². The number of amides is 1. The number of thiocarbonyl (C=S) groups is 1. The second kappa shape index (κ2) is 8.81. The Morgan fingerprint density at radius 1 is 1.25 bits per heavy atom. The van der Waals surface area contributed by atoms with Gasteiger partial charge in [-0.1, -0.05) is 42.0 Å². The molecule has 7 nitrogen and oxygen atoms in total. The van der Waals surface area contributed by atoms with Gasteiger partial charge in [0, 0.05) is 30.3 Å². The predicted molar refractivity (Wildman–Crippen MR) is 110 cm³/mol. The minimum absolute atomic E-state index is 0.0235. The van der Waals surface area contributed by atoms with Crippen molar-refractivity contribution in [3.8, 4) is 0 Å². The van der Waals surface area contributed by atoms with Crippen LogP contribution in [0.25, 0.3) is 0 Å². The third-order valence-corrected chi connectivity index (χ3v) is 4.79. The molecule has 1 amide bonds. The number of hydrogen-bond donors (Lipinski definition) is 3. The molecule has 0 radical (unpaired) electrons. The number of nitrogens with zero attached hydrogens (tertiary/aromatic N) is 2. The third kappa shape index (κ3) is 4.65. The van der Waals surface area contributed by atoms with Crippen LogP contribution >= 0.6 is 23.8 Å². The zero-order chi connectivity index (χ0) is 20.1. The summed E-state index contributed by atoms with van der Waals surface area (Å²) in [7, 11) is 0. The van der Waals surface area contributed by atoms with E-state index >= 15 is 0 Å². The number of carbonyl (C=O) groups excluding carboxylic acids is 1. The number of anilines is 1. The molecule has 2 heterocycles. The van der Waals surface area contributed by atoms with Crippen LogP contribution in [0.5, 0.6) is 0 Å². The maximum atomic E-state index is 12.7. The van der Waals surface area contributed by atoms with Crippen LogP contribution in [0.3, 0.4) is 0 Å². The third-order valence-electron chi connectivity index (χ3n) is 4.14. The van der Waals surface area contributed by atoms with Crippen LogP contribution in [0, 0.1) is 0 Å². The first-order valence-corrected chi connectivity index (χ1v) is 9.17. The lowest BCUT2D eigenvalue weighted by Crippen LogP contribution is -2.46. The molecule has 3 rings (SSSR count). The highest BCUT2D eigenvalue weighted by Crippen LogP contribution is 2.19. The van der Waals surface area contributed by atoms with Gasteiger partial charge < -0.3 is 15.7 Å². The topological polar surface area (TPSA) is 94.6 Å². The summed E-state index contributed by atoms with van der Waals surface area (Å²) < 4.78 is 0. The van der Waals surface area contributed by atoms with Crippen molar-refractivity contribution >= 4 is 46.4 Å². The Morgan fingerprint density at radius 2 is 2.00 bits per heavy atom. The van der Waals surface area contributed by atoms with E-state index in [4.69, 9.17) is 23.8 Å².